The highest BCUT2D eigenvalue weighted by Crippen LogP contribution is 2.33. The molecule has 4 aromatic heterocycles. The van der Waals surface area contributed by atoms with Crippen LogP contribution in [-0.4, -0.2) is 43.1 Å². The molecule has 0 aliphatic carbocycles. The van der Waals surface area contributed by atoms with Crippen molar-refractivity contribution in [2.24, 2.45) is 0 Å². The van der Waals surface area contributed by atoms with E-state index in [1.807, 2.05) is 6.07 Å². The number of hydrogen-bond donors (Lipinski definition) is 3. The second kappa shape index (κ2) is 11.1. The number of pyridine rings is 2. The number of carbonyl (C=O) groups excluding carboxylic acids is 2. The lowest BCUT2D eigenvalue weighted by Gasteiger charge is -2.09. The molecular formula is C28H25FN7O3+. The maximum atomic E-state index is 13.9. The zero-order valence-corrected chi connectivity index (χ0v) is 21.0. The molecule has 39 heavy (non-hydrogen) atoms. The minimum absolute atomic E-state index is 0.175. The van der Waals surface area contributed by atoms with Crippen molar-refractivity contribution in [3.05, 3.63) is 96.3 Å². The molecule has 0 aliphatic rings. The SMILES string of the molecule is Cc1cc(-c2nc3cccnn3c2-c2ccnc(NC(=O)CCCNC(=O)c3cc[n+](O)cc3)c2)ccc1F. The molecule has 196 valence electrons. The van der Waals surface area contributed by atoms with Crippen LogP contribution in [0.1, 0.15) is 28.8 Å². The summed E-state index contributed by atoms with van der Waals surface area (Å²) in [5.74, 6) is -0.481. The molecule has 1 aromatic carbocycles. The van der Waals surface area contributed by atoms with Gasteiger partial charge < -0.3 is 10.6 Å². The molecule has 0 aliphatic heterocycles. The molecule has 5 aromatic rings. The van der Waals surface area contributed by atoms with E-state index in [0.717, 1.165) is 15.9 Å². The topological polar surface area (TPSA) is 125 Å². The van der Waals surface area contributed by atoms with Crippen LogP contribution in [0.3, 0.4) is 0 Å². The van der Waals surface area contributed by atoms with Crippen molar-refractivity contribution in [1.29, 1.82) is 0 Å². The van der Waals surface area contributed by atoms with Crippen molar-refractivity contribution < 1.29 is 23.9 Å². The number of nitrogens with one attached hydrogen (secondary N) is 2. The highest BCUT2D eigenvalue weighted by atomic mass is 19.1. The summed E-state index contributed by atoms with van der Waals surface area (Å²) in [6.07, 6.45) is 6.56. The lowest BCUT2D eigenvalue weighted by atomic mass is 10.0. The molecule has 0 spiro atoms. The fraction of sp³-hybridized carbons (Fsp3) is 0.143. The van der Waals surface area contributed by atoms with Gasteiger partial charge in [-0.25, -0.2) is 18.9 Å². The van der Waals surface area contributed by atoms with Crippen molar-refractivity contribution in [3.8, 4) is 22.5 Å². The third-order valence-electron chi connectivity index (χ3n) is 6.07. The van der Waals surface area contributed by atoms with Crippen molar-refractivity contribution >= 4 is 23.3 Å². The molecule has 0 saturated heterocycles. The number of carbonyl (C=O) groups is 2. The number of halogens is 1. The molecule has 0 radical (unpaired) electrons. The first-order valence-corrected chi connectivity index (χ1v) is 12.2. The Hall–Kier alpha value is -5.19. The van der Waals surface area contributed by atoms with E-state index in [1.54, 1.807) is 54.2 Å². The number of rotatable bonds is 8. The number of anilines is 1. The van der Waals surface area contributed by atoms with E-state index in [2.05, 4.69) is 20.7 Å². The van der Waals surface area contributed by atoms with Gasteiger partial charge in [0.2, 0.25) is 18.3 Å². The average Bonchev–Trinajstić information content (AvgIpc) is 3.33. The summed E-state index contributed by atoms with van der Waals surface area (Å²) in [5, 5.41) is 19.2. The van der Waals surface area contributed by atoms with Gasteiger partial charge in [-0.2, -0.15) is 5.10 Å². The normalized spacial score (nSPS) is 10.9. The highest BCUT2D eigenvalue weighted by Gasteiger charge is 2.18. The van der Waals surface area contributed by atoms with Gasteiger partial charge in [-0.1, -0.05) is 0 Å². The molecule has 0 fully saturated rings. The second-order valence-corrected chi connectivity index (χ2v) is 8.87. The fourth-order valence-electron chi connectivity index (χ4n) is 4.12. The number of aromatic nitrogens is 5. The summed E-state index contributed by atoms with van der Waals surface area (Å²) in [7, 11) is 0. The average molecular weight is 527 g/mol. The van der Waals surface area contributed by atoms with Gasteiger partial charge in [0, 0.05) is 53.3 Å². The summed E-state index contributed by atoms with van der Waals surface area (Å²) >= 11 is 0. The number of imidazole rings is 1. The third kappa shape index (κ3) is 5.72. The third-order valence-corrected chi connectivity index (χ3v) is 6.07. The van der Waals surface area contributed by atoms with Gasteiger partial charge >= 0.3 is 0 Å². The number of fused-ring (bicyclic) bond motifs is 1. The van der Waals surface area contributed by atoms with Gasteiger partial charge in [-0.15, -0.1) is 0 Å². The predicted octanol–water partition coefficient (Wildman–Crippen LogP) is 3.58. The van der Waals surface area contributed by atoms with E-state index in [0.29, 0.717) is 46.9 Å². The number of nitrogens with zero attached hydrogens (tertiary/aromatic N) is 5. The van der Waals surface area contributed by atoms with Crippen LogP contribution in [0, 0.1) is 12.7 Å². The van der Waals surface area contributed by atoms with Gasteiger partial charge in [0.1, 0.15) is 17.3 Å². The molecule has 11 heteroatoms. The summed E-state index contributed by atoms with van der Waals surface area (Å²) in [6, 6.07) is 15.0. The first-order valence-electron chi connectivity index (χ1n) is 12.2. The Morgan fingerprint density at radius 3 is 2.67 bits per heavy atom. The van der Waals surface area contributed by atoms with Gasteiger partial charge in [0.15, 0.2) is 5.65 Å². The predicted molar refractivity (Wildman–Crippen MR) is 140 cm³/mol. The van der Waals surface area contributed by atoms with Crippen molar-refractivity contribution in [2.75, 3.05) is 11.9 Å². The van der Waals surface area contributed by atoms with Crippen LogP contribution in [0.2, 0.25) is 0 Å². The van der Waals surface area contributed by atoms with Gasteiger partial charge in [0.05, 0.1) is 11.3 Å². The minimum atomic E-state index is -0.296. The lowest BCUT2D eigenvalue weighted by Crippen LogP contribution is -2.30. The Bertz CT molecular complexity index is 1670. The molecule has 0 atom stereocenters. The second-order valence-electron chi connectivity index (χ2n) is 8.87. The molecule has 4 heterocycles. The molecule has 2 amide bonds. The Balaban J connectivity index is 1.29. The largest absolute Gasteiger partial charge is 0.352 e. The molecule has 3 N–H and O–H groups in total. The number of benzene rings is 1. The van der Waals surface area contributed by atoms with Crippen molar-refractivity contribution in [2.45, 2.75) is 19.8 Å². The minimum Gasteiger partial charge on any atom is -0.352 e. The molecule has 0 unspecified atom stereocenters. The van der Waals surface area contributed by atoms with E-state index in [1.165, 1.54) is 30.6 Å². The molecule has 0 bridgehead atoms. The standard InChI is InChI=1S/C28H24FN7O3/c1-18-16-20(6-7-22(18)29)26-27(36-24(34-26)4-2-12-32-36)21-8-13-30-23(17-21)33-25(37)5-3-11-31-28(38)19-9-14-35(39)15-10-19/h2,4,6-10,12-17H,3,5,11H2,1H3,(H2-,30,31,33,37,38,39)/p+1. The summed E-state index contributed by atoms with van der Waals surface area (Å²) in [5.41, 5.74) is 4.31. The van der Waals surface area contributed by atoms with Gasteiger partial charge in [-0.3, -0.25) is 14.8 Å². The summed E-state index contributed by atoms with van der Waals surface area (Å²) in [4.78, 5) is 33.7. The highest BCUT2D eigenvalue weighted by molar-refractivity contribution is 5.94. The van der Waals surface area contributed by atoms with E-state index >= 15 is 0 Å². The number of hydrogen-bond acceptors (Lipinski definition) is 6. The Morgan fingerprint density at radius 2 is 1.87 bits per heavy atom. The summed E-state index contributed by atoms with van der Waals surface area (Å²) in [6.45, 7) is 2.01. The van der Waals surface area contributed by atoms with Gasteiger partial charge in [-0.05, 0) is 61.4 Å². The Kier molecular flexibility index (Phi) is 7.21. The van der Waals surface area contributed by atoms with Crippen LogP contribution in [0.4, 0.5) is 10.2 Å². The smallest absolute Gasteiger partial charge is 0.251 e. The first kappa shape index (κ1) is 25.5. The van der Waals surface area contributed by atoms with Crippen LogP contribution in [-0.2, 0) is 4.79 Å². The number of amides is 2. The zero-order valence-electron chi connectivity index (χ0n) is 21.0. The molecule has 5 rings (SSSR count). The van der Waals surface area contributed by atoms with Crippen LogP contribution >= 0.6 is 0 Å². The Labute approximate surface area is 222 Å². The lowest BCUT2D eigenvalue weighted by molar-refractivity contribution is -0.904. The maximum Gasteiger partial charge on any atom is 0.251 e. The fourth-order valence-corrected chi connectivity index (χ4v) is 4.12. The zero-order chi connectivity index (χ0) is 27.4. The molecular weight excluding hydrogens is 501 g/mol. The molecule has 10 nitrogen and oxygen atoms in total. The quantitative estimate of drug-likeness (QED) is 0.161. The van der Waals surface area contributed by atoms with Crippen molar-refractivity contribution in [1.82, 2.24) is 24.9 Å². The first-order chi connectivity index (χ1) is 18.9. The van der Waals surface area contributed by atoms with E-state index < -0.39 is 0 Å². The van der Waals surface area contributed by atoms with E-state index in [9.17, 15) is 19.2 Å². The van der Waals surface area contributed by atoms with Crippen LogP contribution in [0.25, 0.3) is 28.2 Å². The monoisotopic (exact) mass is 526 g/mol. The van der Waals surface area contributed by atoms with E-state index in [-0.39, 0.29) is 24.1 Å². The summed E-state index contributed by atoms with van der Waals surface area (Å²) < 4.78 is 16.5. The maximum absolute atomic E-state index is 13.9. The van der Waals surface area contributed by atoms with Crippen molar-refractivity contribution in [3.63, 3.8) is 0 Å². The Morgan fingerprint density at radius 1 is 1.05 bits per heavy atom. The van der Waals surface area contributed by atoms with E-state index in [4.69, 9.17) is 4.98 Å². The number of aryl methyl sites for hydroxylation is 1. The van der Waals surface area contributed by atoms with Gasteiger partial charge in [0.25, 0.3) is 5.91 Å². The molecule has 0 saturated carbocycles. The van der Waals surface area contributed by atoms with Crippen LogP contribution in [0.15, 0.2) is 79.4 Å². The van der Waals surface area contributed by atoms with Crippen LogP contribution in [0.5, 0.6) is 0 Å². The van der Waals surface area contributed by atoms with Crippen LogP contribution < -0.4 is 15.4 Å².